The second-order valence-corrected chi connectivity index (χ2v) is 6.98. The van der Waals surface area contributed by atoms with Crippen LogP contribution in [0, 0.1) is 0 Å². The quantitative estimate of drug-likeness (QED) is 0.791. The van der Waals surface area contributed by atoms with E-state index in [0.29, 0.717) is 16.1 Å². The van der Waals surface area contributed by atoms with Crippen LogP contribution in [0.5, 0.6) is 5.75 Å². The van der Waals surface area contributed by atoms with E-state index >= 15 is 0 Å². The van der Waals surface area contributed by atoms with E-state index < -0.39 is 16.0 Å². The monoisotopic (exact) mass is 369 g/mol. The van der Waals surface area contributed by atoms with Crippen molar-refractivity contribution >= 4 is 27.6 Å². The number of halogens is 1. The molecule has 0 amide bonds. The second kappa shape index (κ2) is 7.65. The summed E-state index contributed by atoms with van der Waals surface area (Å²) in [5.74, 6) is -0.251. The standard InChI is InChI=1S/C16H16ClNO5S/c1-22-14-8-7-13(17)9-15(14)24(20,21)18-10-11-3-5-12(6-4-11)16(19)23-2/h3-9,18H,10H2,1-2H3. The molecule has 8 heteroatoms. The molecule has 0 aliphatic heterocycles. The third-order valence-corrected chi connectivity index (χ3v) is 4.91. The van der Waals surface area contributed by atoms with Crippen molar-refractivity contribution in [3.05, 3.63) is 58.6 Å². The fraction of sp³-hybridized carbons (Fsp3) is 0.188. The second-order valence-electron chi connectivity index (χ2n) is 4.81. The highest BCUT2D eigenvalue weighted by Crippen LogP contribution is 2.27. The first-order chi connectivity index (χ1) is 11.4. The highest BCUT2D eigenvalue weighted by molar-refractivity contribution is 7.89. The van der Waals surface area contributed by atoms with E-state index in [1.54, 1.807) is 30.3 Å². The molecule has 24 heavy (non-hydrogen) atoms. The van der Waals surface area contributed by atoms with Crippen molar-refractivity contribution in [2.45, 2.75) is 11.4 Å². The molecule has 2 rings (SSSR count). The third kappa shape index (κ3) is 4.25. The van der Waals surface area contributed by atoms with Gasteiger partial charge in [-0.05, 0) is 35.9 Å². The summed E-state index contributed by atoms with van der Waals surface area (Å²) in [6.07, 6.45) is 0. The molecule has 6 nitrogen and oxygen atoms in total. The van der Waals surface area contributed by atoms with Crippen LogP contribution in [0.4, 0.5) is 0 Å². The molecule has 0 aliphatic rings. The summed E-state index contributed by atoms with van der Waals surface area (Å²) in [4.78, 5) is 11.3. The number of methoxy groups -OCH3 is 2. The fourth-order valence-electron chi connectivity index (χ4n) is 1.99. The molecule has 128 valence electrons. The van der Waals surface area contributed by atoms with E-state index in [9.17, 15) is 13.2 Å². The zero-order valence-corrected chi connectivity index (χ0v) is 14.6. The Morgan fingerprint density at radius 3 is 2.38 bits per heavy atom. The molecule has 0 heterocycles. The fourth-order valence-corrected chi connectivity index (χ4v) is 3.44. The first kappa shape index (κ1) is 18.3. The number of ether oxygens (including phenoxy) is 2. The van der Waals surface area contributed by atoms with Crippen LogP contribution in [0.15, 0.2) is 47.4 Å². The van der Waals surface area contributed by atoms with Gasteiger partial charge in [0.15, 0.2) is 0 Å². The molecular formula is C16H16ClNO5S. The number of carbonyl (C=O) groups excluding carboxylic acids is 1. The number of nitrogens with one attached hydrogen (secondary N) is 1. The van der Waals surface area contributed by atoms with Crippen LogP contribution in [-0.2, 0) is 21.3 Å². The number of sulfonamides is 1. The average Bonchev–Trinajstić information content (AvgIpc) is 2.59. The predicted octanol–water partition coefficient (Wildman–Crippen LogP) is 2.61. The highest BCUT2D eigenvalue weighted by Gasteiger charge is 2.19. The predicted molar refractivity (Wildman–Crippen MR) is 89.8 cm³/mol. The lowest BCUT2D eigenvalue weighted by Gasteiger charge is -2.11. The van der Waals surface area contributed by atoms with E-state index in [1.807, 2.05) is 0 Å². The lowest BCUT2D eigenvalue weighted by molar-refractivity contribution is 0.0600. The summed E-state index contributed by atoms with van der Waals surface area (Å²) in [5.41, 5.74) is 1.08. The lowest BCUT2D eigenvalue weighted by atomic mass is 10.1. The van der Waals surface area contributed by atoms with Crippen LogP contribution in [0.2, 0.25) is 5.02 Å². The van der Waals surface area contributed by atoms with Crippen molar-refractivity contribution < 1.29 is 22.7 Å². The maximum absolute atomic E-state index is 12.4. The Morgan fingerprint density at radius 2 is 1.79 bits per heavy atom. The van der Waals surface area contributed by atoms with Gasteiger partial charge in [-0.3, -0.25) is 0 Å². The maximum Gasteiger partial charge on any atom is 0.337 e. The Hall–Kier alpha value is -2.09. The van der Waals surface area contributed by atoms with E-state index in [4.69, 9.17) is 16.3 Å². The van der Waals surface area contributed by atoms with Crippen molar-refractivity contribution in [1.29, 1.82) is 0 Å². The number of hydrogen-bond donors (Lipinski definition) is 1. The molecule has 0 aliphatic carbocycles. The summed E-state index contributed by atoms with van der Waals surface area (Å²) in [6.45, 7) is 0.0550. The average molecular weight is 370 g/mol. The minimum atomic E-state index is -3.81. The molecule has 0 aromatic heterocycles. The summed E-state index contributed by atoms with van der Waals surface area (Å²) in [5, 5.41) is 0.290. The zero-order valence-electron chi connectivity index (χ0n) is 13.1. The van der Waals surface area contributed by atoms with Crippen LogP contribution in [-0.4, -0.2) is 28.6 Å². The van der Waals surface area contributed by atoms with E-state index in [1.165, 1.54) is 26.4 Å². The minimum absolute atomic E-state index is 0.0383. The number of esters is 1. The van der Waals surface area contributed by atoms with Crippen molar-refractivity contribution in [2.75, 3.05) is 14.2 Å². The Morgan fingerprint density at radius 1 is 1.12 bits per heavy atom. The number of carbonyl (C=O) groups is 1. The van der Waals surface area contributed by atoms with Gasteiger partial charge in [-0.25, -0.2) is 17.9 Å². The largest absolute Gasteiger partial charge is 0.495 e. The number of hydrogen-bond acceptors (Lipinski definition) is 5. The van der Waals surface area contributed by atoms with Gasteiger partial charge in [0.2, 0.25) is 10.0 Å². The van der Waals surface area contributed by atoms with E-state index in [-0.39, 0.29) is 17.2 Å². The van der Waals surface area contributed by atoms with E-state index in [0.717, 1.165) is 0 Å². The van der Waals surface area contributed by atoms with Gasteiger partial charge in [0.25, 0.3) is 0 Å². The molecule has 2 aromatic rings. The smallest absolute Gasteiger partial charge is 0.337 e. The first-order valence-corrected chi connectivity index (χ1v) is 8.74. The van der Waals surface area contributed by atoms with Crippen molar-refractivity contribution in [1.82, 2.24) is 4.72 Å². The van der Waals surface area contributed by atoms with Crippen LogP contribution in [0.3, 0.4) is 0 Å². The minimum Gasteiger partial charge on any atom is -0.495 e. The molecule has 0 unspecified atom stereocenters. The van der Waals surface area contributed by atoms with Gasteiger partial charge in [0, 0.05) is 11.6 Å². The van der Waals surface area contributed by atoms with Gasteiger partial charge in [-0.2, -0.15) is 0 Å². The molecule has 0 saturated heterocycles. The maximum atomic E-state index is 12.4. The molecule has 0 atom stereocenters. The summed E-state index contributed by atoms with van der Waals surface area (Å²) in [7, 11) is -1.13. The van der Waals surface area contributed by atoms with E-state index in [2.05, 4.69) is 9.46 Å². The van der Waals surface area contributed by atoms with Gasteiger partial charge >= 0.3 is 5.97 Å². The molecule has 1 N–H and O–H groups in total. The van der Waals surface area contributed by atoms with Crippen molar-refractivity contribution in [3.8, 4) is 5.75 Å². The molecule has 0 radical (unpaired) electrons. The van der Waals surface area contributed by atoms with Crippen molar-refractivity contribution in [2.24, 2.45) is 0 Å². The molecular weight excluding hydrogens is 354 g/mol. The van der Waals surface area contributed by atoms with Crippen LogP contribution in [0.25, 0.3) is 0 Å². The molecule has 0 spiro atoms. The summed E-state index contributed by atoms with van der Waals surface area (Å²) >= 11 is 5.87. The van der Waals surface area contributed by atoms with Gasteiger partial charge in [0.05, 0.1) is 19.8 Å². The van der Waals surface area contributed by atoms with Gasteiger partial charge < -0.3 is 9.47 Å². The third-order valence-electron chi connectivity index (χ3n) is 3.26. The lowest BCUT2D eigenvalue weighted by Crippen LogP contribution is -2.23. The summed E-state index contributed by atoms with van der Waals surface area (Å²) in [6, 6.07) is 10.8. The Bertz CT molecular complexity index is 834. The molecule has 2 aromatic carbocycles. The Balaban J connectivity index is 2.16. The van der Waals surface area contributed by atoms with Crippen LogP contribution < -0.4 is 9.46 Å². The number of benzene rings is 2. The molecule has 0 fully saturated rings. The topological polar surface area (TPSA) is 81.7 Å². The highest BCUT2D eigenvalue weighted by atomic mass is 35.5. The normalized spacial score (nSPS) is 11.1. The zero-order chi connectivity index (χ0) is 17.7. The van der Waals surface area contributed by atoms with Crippen LogP contribution >= 0.6 is 11.6 Å². The molecule has 0 bridgehead atoms. The number of rotatable bonds is 6. The summed E-state index contributed by atoms with van der Waals surface area (Å²) < 4.78 is 37.0. The Kier molecular flexibility index (Phi) is 5.82. The van der Waals surface area contributed by atoms with Crippen LogP contribution in [0.1, 0.15) is 15.9 Å². The van der Waals surface area contributed by atoms with Crippen molar-refractivity contribution in [3.63, 3.8) is 0 Å². The van der Waals surface area contributed by atoms with Gasteiger partial charge in [-0.15, -0.1) is 0 Å². The van der Waals surface area contributed by atoms with Gasteiger partial charge in [0.1, 0.15) is 10.6 Å². The molecule has 0 saturated carbocycles. The SMILES string of the molecule is COC(=O)c1ccc(CNS(=O)(=O)c2cc(Cl)ccc2OC)cc1. The first-order valence-electron chi connectivity index (χ1n) is 6.88. The van der Waals surface area contributed by atoms with Gasteiger partial charge in [-0.1, -0.05) is 23.7 Å². The Labute approximate surface area is 145 Å².